The number of hydrogen-bond acceptors (Lipinski definition) is 5. The Bertz CT molecular complexity index is 890. The Labute approximate surface area is 161 Å². The lowest BCUT2D eigenvalue weighted by molar-refractivity contribution is 0.425. The lowest BCUT2D eigenvalue weighted by Gasteiger charge is -2.14. The molecule has 0 unspecified atom stereocenters. The maximum atomic E-state index is 4.72. The highest BCUT2D eigenvalue weighted by molar-refractivity contribution is 5.65. The van der Waals surface area contributed by atoms with Crippen molar-refractivity contribution in [3.05, 3.63) is 65.7 Å². The van der Waals surface area contributed by atoms with E-state index in [2.05, 4.69) is 61.7 Å². The Kier molecular flexibility index (Phi) is 6.04. The molecule has 0 fully saturated rings. The molecule has 1 heterocycles. The van der Waals surface area contributed by atoms with E-state index < -0.39 is 0 Å². The molecule has 0 radical (unpaired) electrons. The van der Waals surface area contributed by atoms with Crippen LogP contribution in [-0.4, -0.2) is 42.1 Å². The van der Waals surface area contributed by atoms with Crippen molar-refractivity contribution >= 4 is 17.3 Å². The minimum Gasteiger partial charge on any atom is -0.369 e. The monoisotopic (exact) mass is 361 g/mol. The van der Waals surface area contributed by atoms with Gasteiger partial charge in [-0.3, -0.25) is 0 Å². The molecule has 0 saturated heterocycles. The van der Waals surface area contributed by atoms with E-state index in [4.69, 9.17) is 9.97 Å². The zero-order valence-electron chi connectivity index (χ0n) is 16.5. The van der Waals surface area contributed by atoms with Gasteiger partial charge in [0.05, 0.1) is 0 Å². The first-order chi connectivity index (χ1) is 13.0. The van der Waals surface area contributed by atoms with Crippen LogP contribution in [0.15, 0.2) is 54.6 Å². The molecule has 0 bridgehead atoms. The third-order valence-electron chi connectivity index (χ3n) is 4.40. The van der Waals surface area contributed by atoms with Gasteiger partial charge in [-0.15, -0.1) is 0 Å². The molecule has 27 heavy (non-hydrogen) atoms. The molecule has 5 nitrogen and oxygen atoms in total. The predicted molar refractivity (Wildman–Crippen MR) is 114 cm³/mol. The minimum absolute atomic E-state index is 0.705. The van der Waals surface area contributed by atoms with Gasteiger partial charge in [0.15, 0.2) is 5.82 Å². The molecule has 0 saturated carbocycles. The van der Waals surface area contributed by atoms with Gasteiger partial charge in [0.2, 0.25) is 0 Å². The van der Waals surface area contributed by atoms with Crippen LogP contribution in [0.2, 0.25) is 0 Å². The second-order valence-electron chi connectivity index (χ2n) is 6.98. The van der Waals surface area contributed by atoms with Gasteiger partial charge >= 0.3 is 0 Å². The van der Waals surface area contributed by atoms with Gasteiger partial charge in [-0.25, -0.2) is 9.97 Å². The molecule has 5 heteroatoms. The number of anilines is 3. The van der Waals surface area contributed by atoms with Gasteiger partial charge < -0.3 is 15.5 Å². The Balaban J connectivity index is 1.90. The summed E-state index contributed by atoms with van der Waals surface area (Å²) >= 11 is 0. The first-order valence-corrected chi connectivity index (χ1v) is 9.18. The summed E-state index contributed by atoms with van der Waals surface area (Å²) in [5.41, 5.74) is 4.55. The second kappa shape index (κ2) is 8.64. The van der Waals surface area contributed by atoms with Crippen molar-refractivity contribution in [2.75, 3.05) is 37.8 Å². The summed E-state index contributed by atoms with van der Waals surface area (Å²) in [6.07, 6.45) is 0. The average molecular weight is 361 g/mol. The fourth-order valence-electron chi connectivity index (χ4n) is 2.69. The summed E-state index contributed by atoms with van der Waals surface area (Å²) in [5.74, 6) is 2.30. The van der Waals surface area contributed by atoms with Crippen molar-refractivity contribution in [3.8, 4) is 11.4 Å². The summed E-state index contributed by atoms with van der Waals surface area (Å²) in [5, 5.41) is 6.82. The van der Waals surface area contributed by atoms with Crippen molar-refractivity contribution in [2.45, 2.75) is 13.8 Å². The minimum atomic E-state index is 0.705. The summed E-state index contributed by atoms with van der Waals surface area (Å²) in [6.45, 7) is 5.99. The van der Waals surface area contributed by atoms with Crippen LogP contribution in [-0.2, 0) is 0 Å². The number of nitrogens with one attached hydrogen (secondary N) is 2. The van der Waals surface area contributed by atoms with Crippen LogP contribution in [0, 0.1) is 13.8 Å². The maximum absolute atomic E-state index is 4.72. The number of nitrogens with zero attached hydrogens (tertiary/aromatic N) is 3. The lowest BCUT2D eigenvalue weighted by atomic mass is 10.1. The van der Waals surface area contributed by atoms with E-state index in [1.165, 1.54) is 11.1 Å². The number of hydrogen-bond donors (Lipinski definition) is 2. The fourth-order valence-corrected chi connectivity index (χ4v) is 2.69. The van der Waals surface area contributed by atoms with Gasteiger partial charge in [0.25, 0.3) is 0 Å². The van der Waals surface area contributed by atoms with Crippen LogP contribution in [0.1, 0.15) is 11.1 Å². The van der Waals surface area contributed by atoms with Crippen LogP contribution in [0.4, 0.5) is 17.3 Å². The number of aryl methyl sites for hydroxylation is 2. The van der Waals surface area contributed by atoms with Crippen LogP contribution in [0.25, 0.3) is 11.4 Å². The molecular formula is C22H27N5. The summed E-state index contributed by atoms with van der Waals surface area (Å²) < 4.78 is 0. The number of aromatic nitrogens is 2. The maximum Gasteiger partial charge on any atom is 0.163 e. The Morgan fingerprint density at radius 2 is 1.59 bits per heavy atom. The Hall–Kier alpha value is -2.92. The van der Waals surface area contributed by atoms with Gasteiger partial charge in [-0.05, 0) is 51.2 Å². The van der Waals surface area contributed by atoms with Crippen molar-refractivity contribution in [1.82, 2.24) is 14.9 Å². The van der Waals surface area contributed by atoms with E-state index in [0.717, 1.165) is 36.0 Å². The second-order valence-corrected chi connectivity index (χ2v) is 6.98. The molecule has 1 aromatic heterocycles. The smallest absolute Gasteiger partial charge is 0.163 e. The van der Waals surface area contributed by atoms with Crippen LogP contribution in [0.3, 0.4) is 0 Å². The molecule has 0 aliphatic heterocycles. The molecule has 2 aromatic carbocycles. The SMILES string of the molecule is Cc1ccc(Nc2cc(NCCN(C)C)nc(-c3ccccc3)n2)cc1C. The topological polar surface area (TPSA) is 53.1 Å². The number of benzene rings is 2. The number of rotatable bonds is 7. The standard InChI is InChI=1S/C22H27N5/c1-16-10-11-19(14-17(16)2)24-21-15-20(23-12-13-27(3)4)25-22(26-21)18-8-6-5-7-9-18/h5-11,14-15H,12-13H2,1-4H3,(H2,23,24,25,26). The van der Waals surface area contributed by atoms with E-state index in [-0.39, 0.29) is 0 Å². The largest absolute Gasteiger partial charge is 0.369 e. The van der Waals surface area contributed by atoms with Crippen molar-refractivity contribution in [3.63, 3.8) is 0 Å². The molecule has 3 aromatic rings. The van der Waals surface area contributed by atoms with E-state index >= 15 is 0 Å². The van der Waals surface area contributed by atoms with E-state index in [9.17, 15) is 0 Å². The van der Waals surface area contributed by atoms with E-state index in [1.807, 2.05) is 36.4 Å². The summed E-state index contributed by atoms with van der Waals surface area (Å²) in [7, 11) is 4.12. The molecule has 0 aliphatic carbocycles. The first kappa shape index (κ1) is 18.9. The summed E-state index contributed by atoms with van der Waals surface area (Å²) in [4.78, 5) is 11.6. The van der Waals surface area contributed by atoms with Gasteiger partial charge in [-0.1, -0.05) is 36.4 Å². The van der Waals surface area contributed by atoms with Crippen LogP contribution < -0.4 is 10.6 Å². The highest BCUT2D eigenvalue weighted by Gasteiger charge is 2.08. The predicted octanol–water partition coefficient (Wildman–Crippen LogP) is 4.48. The molecule has 140 valence electrons. The third kappa shape index (κ3) is 5.28. The zero-order chi connectivity index (χ0) is 19.2. The molecular weight excluding hydrogens is 334 g/mol. The molecule has 0 aliphatic rings. The lowest BCUT2D eigenvalue weighted by Crippen LogP contribution is -2.21. The first-order valence-electron chi connectivity index (χ1n) is 9.18. The molecule has 0 spiro atoms. The molecule has 0 atom stereocenters. The van der Waals surface area contributed by atoms with Crippen molar-refractivity contribution < 1.29 is 0 Å². The Morgan fingerprint density at radius 1 is 0.852 bits per heavy atom. The number of likely N-dealkylation sites (N-methyl/N-ethyl adjacent to an activating group) is 1. The highest BCUT2D eigenvalue weighted by Crippen LogP contribution is 2.23. The molecule has 2 N–H and O–H groups in total. The highest BCUT2D eigenvalue weighted by atomic mass is 15.1. The Morgan fingerprint density at radius 3 is 2.30 bits per heavy atom. The fraction of sp³-hybridized carbons (Fsp3) is 0.273. The van der Waals surface area contributed by atoms with Crippen molar-refractivity contribution in [1.29, 1.82) is 0 Å². The van der Waals surface area contributed by atoms with Crippen LogP contribution in [0.5, 0.6) is 0 Å². The molecule has 0 amide bonds. The third-order valence-corrected chi connectivity index (χ3v) is 4.40. The normalized spacial score (nSPS) is 10.9. The zero-order valence-corrected chi connectivity index (χ0v) is 16.5. The summed E-state index contributed by atoms with van der Waals surface area (Å²) in [6, 6.07) is 18.3. The van der Waals surface area contributed by atoms with E-state index in [0.29, 0.717) is 5.82 Å². The molecule has 3 rings (SSSR count). The van der Waals surface area contributed by atoms with Gasteiger partial charge in [0.1, 0.15) is 11.6 Å². The quantitative estimate of drug-likeness (QED) is 0.650. The average Bonchev–Trinajstić information content (AvgIpc) is 2.65. The van der Waals surface area contributed by atoms with Crippen LogP contribution >= 0.6 is 0 Å². The van der Waals surface area contributed by atoms with Gasteiger partial charge in [-0.2, -0.15) is 0 Å². The van der Waals surface area contributed by atoms with Gasteiger partial charge in [0, 0.05) is 30.4 Å². The van der Waals surface area contributed by atoms with Crippen molar-refractivity contribution in [2.24, 2.45) is 0 Å². The van der Waals surface area contributed by atoms with E-state index in [1.54, 1.807) is 0 Å².